The molecule has 7 nitrogen and oxygen atoms in total. The molecule has 2 aromatic carbocycles. The fourth-order valence-electron chi connectivity index (χ4n) is 2.15. The van der Waals surface area contributed by atoms with Gasteiger partial charge in [0.05, 0.1) is 32.4 Å². The predicted molar refractivity (Wildman–Crippen MR) is 92.4 cm³/mol. The van der Waals surface area contributed by atoms with Crippen LogP contribution in [-0.4, -0.2) is 45.6 Å². The van der Waals surface area contributed by atoms with Crippen LogP contribution in [0.2, 0.25) is 0 Å². The molecule has 0 unspecified atom stereocenters. The molecule has 0 aliphatic rings. The zero-order valence-corrected chi connectivity index (χ0v) is 14.5. The first-order valence-electron chi connectivity index (χ1n) is 8.31. The van der Waals surface area contributed by atoms with Gasteiger partial charge < -0.3 is 34.6 Å². The minimum absolute atomic E-state index is 0.0275. The normalized spacial score (nSPS) is 10.5. The molecule has 26 heavy (non-hydrogen) atoms. The summed E-state index contributed by atoms with van der Waals surface area (Å²) in [5.74, 6) is -0.241. The Labute approximate surface area is 152 Å². The minimum atomic E-state index is -1.27. The van der Waals surface area contributed by atoms with E-state index in [0.29, 0.717) is 33.0 Å². The number of rotatable bonds is 12. The van der Waals surface area contributed by atoms with E-state index in [1.807, 2.05) is 24.3 Å². The molecule has 0 saturated heterocycles. The molecule has 7 heteroatoms. The lowest BCUT2D eigenvalue weighted by molar-refractivity contribution is -0.257. The number of quaternary nitrogens is 1. The maximum Gasteiger partial charge on any atom is 0.179 e. The number of carboxylic acid groups (broad SMARTS) is 1. The van der Waals surface area contributed by atoms with Crippen LogP contribution in [0.1, 0.15) is 10.4 Å². The van der Waals surface area contributed by atoms with E-state index < -0.39 is 5.97 Å². The highest BCUT2D eigenvalue weighted by molar-refractivity contribution is 5.89. The molecular weight excluding hydrogens is 338 g/mol. The Bertz CT molecular complexity index is 691. The monoisotopic (exact) mass is 361 g/mol. The molecule has 0 radical (unpaired) electrons. The average Bonchev–Trinajstić information content (AvgIpc) is 2.65. The first kappa shape index (κ1) is 19.7. The molecule has 2 aromatic rings. The van der Waals surface area contributed by atoms with Crippen molar-refractivity contribution in [3.8, 4) is 11.5 Å². The number of hydrogen-bond acceptors (Lipinski definition) is 6. The van der Waals surface area contributed by atoms with Crippen LogP contribution in [0.5, 0.6) is 11.5 Å². The van der Waals surface area contributed by atoms with Gasteiger partial charge in [0, 0.05) is 11.6 Å². The van der Waals surface area contributed by atoms with Crippen LogP contribution in [0.3, 0.4) is 0 Å². The highest BCUT2D eigenvalue weighted by Crippen LogP contribution is 2.18. The van der Waals surface area contributed by atoms with Crippen LogP contribution < -0.4 is 20.3 Å². The zero-order valence-electron chi connectivity index (χ0n) is 14.5. The van der Waals surface area contributed by atoms with Crippen molar-refractivity contribution in [2.24, 2.45) is 0 Å². The summed E-state index contributed by atoms with van der Waals surface area (Å²) in [5, 5.41) is 10.9. The number of aromatic carboxylic acids is 1. The summed E-state index contributed by atoms with van der Waals surface area (Å²) in [7, 11) is 0. The first-order valence-corrected chi connectivity index (χ1v) is 8.31. The predicted octanol–water partition coefficient (Wildman–Crippen LogP) is 0.414. The van der Waals surface area contributed by atoms with Crippen molar-refractivity contribution >= 4 is 11.7 Å². The van der Waals surface area contributed by atoms with Crippen molar-refractivity contribution in [3.05, 3.63) is 54.1 Å². The lowest BCUT2D eigenvalue weighted by Crippen LogP contribution is -2.40. The summed E-state index contributed by atoms with van der Waals surface area (Å²) in [4.78, 5) is 10.9. The largest absolute Gasteiger partial charge is 0.545 e. The number of carbonyl (C=O) groups excluding carboxylic acids is 1. The molecule has 0 amide bonds. The first-order chi connectivity index (χ1) is 12.7. The third-order valence-electron chi connectivity index (χ3n) is 3.42. The van der Waals surface area contributed by atoms with Gasteiger partial charge in [0.1, 0.15) is 19.0 Å². The van der Waals surface area contributed by atoms with Gasteiger partial charge in [-0.2, -0.15) is 0 Å². The summed E-state index contributed by atoms with van der Waals surface area (Å²) in [6.07, 6.45) is 0. The van der Waals surface area contributed by atoms with Crippen molar-refractivity contribution in [3.63, 3.8) is 0 Å². The second-order valence-corrected chi connectivity index (χ2v) is 5.31. The molecule has 3 N–H and O–H groups in total. The molecule has 0 bridgehead atoms. The van der Waals surface area contributed by atoms with Crippen molar-refractivity contribution in [1.29, 1.82) is 0 Å². The average molecular weight is 361 g/mol. The van der Waals surface area contributed by atoms with Gasteiger partial charge in [0.2, 0.25) is 0 Å². The van der Waals surface area contributed by atoms with E-state index in [9.17, 15) is 9.90 Å². The second-order valence-electron chi connectivity index (χ2n) is 5.31. The van der Waals surface area contributed by atoms with Crippen LogP contribution in [0.15, 0.2) is 48.5 Å². The highest BCUT2D eigenvalue weighted by Gasteiger charge is 2.03. The standard InChI is InChI=1S/C19H23NO6/c20-16-6-2-4-8-18(16)26-14-12-24-10-9-23-11-13-25-17-7-3-1-5-15(17)19(21)22/h1-8H,9-14,20H2,(H,21,22). The van der Waals surface area contributed by atoms with Crippen LogP contribution in [-0.2, 0) is 9.47 Å². The molecule has 2 rings (SSSR count). The topological polar surface area (TPSA) is 105 Å². The Morgan fingerprint density at radius 3 is 1.88 bits per heavy atom. The van der Waals surface area contributed by atoms with Gasteiger partial charge in [-0.1, -0.05) is 24.3 Å². The van der Waals surface area contributed by atoms with Gasteiger partial charge in [0.25, 0.3) is 0 Å². The maximum absolute atomic E-state index is 10.9. The van der Waals surface area contributed by atoms with E-state index in [2.05, 4.69) is 5.73 Å². The third kappa shape index (κ3) is 6.72. The molecule has 0 heterocycles. The minimum Gasteiger partial charge on any atom is -0.545 e. The Morgan fingerprint density at radius 1 is 0.769 bits per heavy atom. The van der Waals surface area contributed by atoms with E-state index in [1.165, 1.54) is 6.07 Å². The highest BCUT2D eigenvalue weighted by atomic mass is 16.6. The van der Waals surface area contributed by atoms with Crippen molar-refractivity contribution in [1.82, 2.24) is 0 Å². The summed E-state index contributed by atoms with van der Waals surface area (Å²) >= 11 is 0. The molecule has 0 aliphatic heterocycles. The molecule has 0 fully saturated rings. The van der Waals surface area contributed by atoms with Crippen molar-refractivity contribution in [2.75, 3.05) is 39.6 Å². The zero-order chi connectivity index (χ0) is 18.6. The van der Waals surface area contributed by atoms with Gasteiger partial charge in [-0.15, -0.1) is 0 Å². The fourth-order valence-corrected chi connectivity index (χ4v) is 2.15. The van der Waals surface area contributed by atoms with Gasteiger partial charge in [-0.25, -0.2) is 0 Å². The number of benzene rings is 2. The lowest BCUT2D eigenvalue weighted by atomic mass is 10.2. The maximum atomic E-state index is 10.9. The van der Waals surface area contributed by atoms with E-state index in [0.717, 1.165) is 11.4 Å². The summed E-state index contributed by atoms with van der Waals surface area (Å²) in [5.41, 5.74) is 4.75. The molecule has 0 saturated carbocycles. The van der Waals surface area contributed by atoms with Gasteiger partial charge >= 0.3 is 0 Å². The molecule has 140 valence electrons. The number of ether oxygens (including phenoxy) is 4. The summed E-state index contributed by atoms with van der Waals surface area (Å²) in [6.45, 7) is 2.31. The van der Waals surface area contributed by atoms with Gasteiger partial charge in [0.15, 0.2) is 11.4 Å². The van der Waals surface area contributed by atoms with Gasteiger partial charge in [-0.3, -0.25) is 0 Å². The molecular formula is C19H23NO6. The van der Waals surface area contributed by atoms with Crippen LogP contribution >= 0.6 is 0 Å². The Morgan fingerprint density at radius 2 is 1.27 bits per heavy atom. The van der Waals surface area contributed by atoms with E-state index in [1.54, 1.807) is 18.2 Å². The number of carboxylic acids is 1. The molecule has 0 aliphatic carbocycles. The Hall–Kier alpha value is -2.61. The third-order valence-corrected chi connectivity index (χ3v) is 3.42. The van der Waals surface area contributed by atoms with E-state index >= 15 is 0 Å². The lowest BCUT2D eigenvalue weighted by Gasteiger charge is -2.12. The quantitative estimate of drug-likeness (QED) is 0.549. The van der Waals surface area contributed by atoms with E-state index in [4.69, 9.17) is 18.9 Å². The number of hydrogen-bond donors (Lipinski definition) is 1. The number of carbonyl (C=O) groups is 1. The Balaban J connectivity index is 1.49. The van der Waals surface area contributed by atoms with Crippen molar-refractivity contribution < 1.29 is 34.6 Å². The van der Waals surface area contributed by atoms with Gasteiger partial charge in [-0.05, 0) is 18.2 Å². The number of para-hydroxylation sites is 2. The molecule has 0 aromatic heterocycles. The van der Waals surface area contributed by atoms with Crippen LogP contribution in [0.4, 0.5) is 5.69 Å². The Kier molecular flexibility index (Phi) is 8.41. The second kappa shape index (κ2) is 11.1. The smallest absolute Gasteiger partial charge is 0.179 e. The van der Waals surface area contributed by atoms with Crippen LogP contribution in [0.25, 0.3) is 0 Å². The van der Waals surface area contributed by atoms with Crippen LogP contribution in [0, 0.1) is 0 Å². The fraction of sp³-hybridized carbons (Fsp3) is 0.316. The van der Waals surface area contributed by atoms with E-state index in [-0.39, 0.29) is 17.9 Å². The summed E-state index contributed by atoms with van der Waals surface area (Å²) < 4.78 is 21.7. The van der Waals surface area contributed by atoms with Crippen molar-refractivity contribution in [2.45, 2.75) is 0 Å². The summed E-state index contributed by atoms with van der Waals surface area (Å²) in [6, 6.07) is 13.9. The molecule has 0 atom stereocenters. The molecule has 0 spiro atoms. The SMILES string of the molecule is [NH3+]c1ccccc1OCCOCCOCCOc1ccccc1C(=O)[O-].